The fraction of sp³-hybridized carbons (Fsp3) is 0. The summed E-state index contributed by atoms with van der Waals surface area (Å²) < 4.78 is 0. The molecule has 0 bridgehead atoms. The van der Waals surface area contributed by atoms with Crippen molar-refractivity contribution in [1.29, 1.82) is 0 Å². The third-order valence-corrected chi connectivity index (χ3v) is 3.77. The van der Waals surface area contributed by atoms with Crippen molar-refractivity contribution in [1.82, 2.24) is 0 Å². The minimum Gasteiger partial charge on any atom is -0.354 e. The van der Waals surface area contributed by atoms with Crippen LogP contribution in [0.15, 0.2) is 57.2 Å². The molecule has 74 valence electrons. The van der Waals surface area contributed by atoms with Crippen LogP contribution in [0.1, 0.15) is 0 Å². The van der Waals surface area contributed by atoms with E-state index in [1.165, 1.54) is 15.5 Å². The van der Waals surface area contributed by atoms with Gasteiger partial charge in [-0.15, -0.1) is 12.6 Å². The highest BCUT2D eigenvalue weighted by molar-refractivity contribution is 7.99. The van der Waals surface area contributed by atoms with Gasteiger partial charge in [-0.25, -0.2) is 0 Å². The van der Waals surface area contributed by atoms with E-state index in [-0.39, 0.29) is 0 Å². The summed E-state index contributed by atoms with van der Waals surface area (Å²) in [6.07, 6.45) is 0. The molecule has 0 aromatic heterocycles. The van der Waals surface area contributed by atoms with Crippen molar-refractivity contribution in [2.24, 2.45) is 0 Å². The van der Waals surface area contributed by atoms with E-state index < -0.39 is 0 Å². The second kappa shape index (κ2) is 3.51. The normalized spacial score (nSPS) is 12.6. The van der Waals surface area contributed by atoms with Gasteiger partial charge in [0.15, 0.2) is 0 Å². The van der Waals surface area contributed by atoms with Crippen LogP contribution in [0.2, 0.25) is 0 Å². The number of nitrogens with one attached hydrogen (secondary N) is 1. The number of thiol groups is 1. The Kier molecular flexibility index (Phi) is 2.15. The van der Waals surface area contributed by atoms with Crippen LogP contribution in [-0.2, 0) is 0 Å². The first-order chi connectivity index (χ1) is 7.33. The maximum atomic E-state index is 4.34. The van der Waals surface area contributed by atoms with E-state index in [0.29, 0.717) is 0 Å². The number of anilines is 2. The molecule has 2 aromatic carbocycles. The fourth-order valence-electron chi connectivity index (χ4n) is 1.63. The highest BCUT2D eigenvalue weighted by atomic mass is 32.2. The second-order valence-electron chi connectivity index (χ2n) is 3.40. The third-order valence-electron chi connectivity index (χ3n) is 2.34. The van der Waals surface area contributed by atoms with Crippen LogP contribution in [0.5, 0.6) is 0 Å². The van der Waals surface area contributed by atoms with E-state index in [2.05, 4.69) is 48.3 Å². The molecule has 0 spiro atoms. The predicted octanol–water partition coefficient (Wildman–Crippen LogP) is 4.18. The van der Waals surface area contributed by atoms with Gasteiger partial charge in [-0.3, -0.25) is 0 Å². The third kappa shape index (κ3) is 1.62. The zero-order valence-electron chi connectivity index (χ0n) is 7.90. The Morgan fingerprint density at radius 3 is 2.67 bits per heavy atom. The molecule has 3 rings (SSSR count). The molecule has 1 nitrogen and oxygen atoms in total. The SMILES string of the molecule is Sc1ccc2c(c1)Nc1ccccc1S2. The molecule has 0 amide bonds. The van der Waals surface area contributed by atoms with Gasteiger partial charge in [0.25, 0.3) is 0 Å². The number of fused-ring (bicyclic) bond motifs is 2. The minimum absolute atomic E-state index is 0.987. The van der Waals surface area contributed by atoms with Gasteiger partial charge in [0.05, 0.1) is 11.4 Å². The Labute approximate surface area is 98.3 Å². The largest absolute Gasteiger partial charge is 0.354 e. The molecule has 0 fully saturated rings. The Morgan fingerprint density at radius 2 is 1.73 bits per heavy atom. The smallest absolute Gasteiger partial charge is 0.0537 e. The summed E-state index contributed by atoms with van der Waals surface area (Å²) in [4.78, 5) is 3.52. The molecule has 1 heterocycles. The average Bonchev–Trinajstić information content (AvgIpc) is 2.26. The summed E-state index contributed by atoms with van der Waals surface area (Å²) in [7, 11) is 0. The molecular formula is C12H9NS2. The van der Waals surface area contributed by atoms with E-state index in [0.717, 1.165) is 10.6 Å². The molecule has 0 unspecified atom stereocenters. The molecule has 1 aliphatic heterocycles. The number of rotatable bonds is 0. The first-order valence-corrected chi connectivity index (χ1v) is 5.96. The molecule has 0 aliphatic carbocycles. The summed E-state index contributed by atoms with van der Waals surface area (Å²) in [5.41, 5.74) is 2.32. The van der Waals surface area contributed by atoms with Crippen LogP contribution in [0.4, 0.5) is 11.4 Å². The standard InChI is InChI=1S/C12H9NS2/c14-8-5-6-12-10(7-8)13-9-3-1-2-4-11(9)15-12/h1-7,13-14H. The maximum absolute atomic E-state index is 4.34. The predicted molar refractivity (Wildman–Crippen MR) is 67.5 cm³/mol. The Morgan fingerprint density at radius 1 is 0.933 bits per heavy atom. The second-order valence-corrected chi connectivity index (χ2v) is 5.00. The van der Waals surface area contributed by atoms with Gasteiger partial charge in [-0.2, -0.15) is 0 Å². The van der Waals surface area contributed by atoms with Crippen molar-refractivity contribution in [2.45, 2.75) is 14.7 Å². The highest BCUT2D eigenvalue weighted by Crippen LogP contribution is 2.44. The average molecular weight is 231 g/mol. The highest BCUT2D eigenvalue weighted by Gasteiger charge is 2.14. The number of para-hydroxylation sites is 1. The van der Waals surface area contributed by atoms with Crippen LogP contribution in [0.25, 0.3) is 0 Å². The van der Waals surface area contributed by atoms with Gasteiger partial charge >= 0.3 is 0 Å². The summed E-state index contributed by atoms with van der Waals surface area (Å²) in [6, 6.07) is 14.5. The van der Waals surface area contributed by atoms with Crippen molar-refractivity contribution in [3.05, 3.63) is 42.5 Å². The number of hydrogen-bond acceptors (Lipinski definition) is 3. The molecule has 3 heteroatoms. The van der Waals surface area contributed by atoms with Crippen LogP contribution in [-0.4, -0.2) is 0 Å². The van der Waals surface area contributed by atoms with Crippen LogP contribution < -0.4 is 5.32 Å². The van der Waals surface area contributed by atoms with Gasteiger partial charge in [0.1, 0.15) is 0 Å². The molecule has 1 aliphatic rings. The first-order valence-electron chi connectivity index (χ1n) is 4.70. The zero-order chi connectivity index (χ0) is 10.3. The molecule has 2 aromatic rings. The maximum Gasteiger partial charge on any atom is 0.0537 e. The van der Waals surface area contributed by atoms with Gasteiger partial charge in [0, 0.05) is 14.7 Å². The summed E-state index contributed by atoms with van der Waals surface area (Å²) in [5, 5.41) is 3.41. The van der Waals surface area contributed by atoms with E-state index in [1.54, 1.807) is 11.8 Å². The number of hydrogen-bond donors (Lipinski definition) is 2. The Bertz CT molecular complexity index is 523. The topological polar surface area (TPSA) is 12.0 Å². The van der Waals surface area contributed by atoms with Crippen molar-refractivity contribution in [3.63, 3.8) is 0 Å². The van der Waals surface area contributed by atoms with E-state index in [4.69, 9.17) is 0 Å². The van der Waals surface area contributed by atoms with Crippen molar-refractivity contribution < 1.29 is 0 Å². The molecular weight excluding hydrogens is 222 g/mol. The molecule has 0 saturated carbocycles. The summed E-state index contributed by atoms with van der Waals surface area (Å²) in [6.45, 7) is 0. The van der Waals surface area contributed by atoms with E-state index in [9.17, 15) is 0 Å². The lowest BCUT2D eigenvalue weighted by Gasteiger charge is -2.20. The van der Waals surface area contributed by atoms with Crippen molar-refractivity contribution in [2.75, 3.05) is 5.32 Å². The lowest BCUT2D eigenvalue weighted by atomic mass is 10.2. The first kappa shape index (κ1) is 9.19. The van der Waals surface area contributed by atoms with Gasteiger partial charge in [-0.1, -0.05) is 23.9 Å². The lowest BCUT2D eigenvalue weighted by molar-refractivity contribution is 1.28. The quantitative estimate of drug-likeness (QED) is 0.563. The zero-order valence-corrected chi connectivity index (χ0v) is 9.61. The van der Waals surface area contributed by atoms with Crippen molar-refractivity contribution in [3.8, 4) is 0 Å². The van der Waals surface area contributed by atoms with Gasteiger partial charge in [-0.05, 0) is 30.3 Å². The Balaban J connectivity index is 2.11. The molecule has 1 N–H and O–H groups in total. The molecule has 0 atom stereocenters. The monoisotopic (exact) mass is 231 g/mol. The fourth-order valence-corrected chi connectivity index (χ4v) is 2.80. The minimum atomic E-state index is 0.987. The summed E-state index contributed by atoms with van der Waals surface area (Å²) >= 11 is 6.13. The van der Waals surface area contributed by atoms with Crippen LogP contribution in [0, 0.1) is 0 Å². The number of benzene rings is 2. The summed E-state index contributed by atoms with van der Waals surface area (Å²) in [5.74, 6) is 0. The Hall–Kier alpha value is -1.06. The molecule has 0 radical (unpaired) electrons. The molecule has 15 heavy (non-hydrogen) atoms. The van der Waals surface area contributed by atoms with Gasteiger partial charge < -0.3 is 5.32 Å². The lowest BCUT2D eigenvalue weighted by Crippen LogP contribution is -1.98. The van der Waals surface area contributed by atoms with E-state index in [1.807, 2.05) is 12.1 Å². The van der Waals surface area contributed by atoms with E-state index >= 15 is 0 Å². The van der Waals surface area contributed by atoms with Crippen LogP contribution >= 0.6 is 24.4 Å². The van der Waals surface area contributed by atoms with Crippen LogP contribution in [0.3, 0.4) is 0 Å². The van der Waals surface area contributed by atoms with Gasteiger partial charge in [0.2, 0.25) is 0 Å². The van der Waals surface area contributed by atoms with Crippen molar-refractivity contribution >= 4 is 35.8 Å². The molecule has 0 saturated heterocycles.